The van der Waals surface area contributed by atoms with Crippen LogP contribution in [0.5, 0.6) is 0 Å². The Bertz CT molecular complexity index is 159. The van der Waals surface area contributed by atoms with E-state index in [0.29, 0.717) is 0 Å². The number of rotatable bonds is 3. The second kappa shape index (κ2) is 5.21. The van der Waals surface area contributed by atoms with E-state index in [2.05, 4.69) is 8.58 Å². The topological polar surface area (TPSA) is 52.6 Å². The molecule has 4 nitrogen and oxygen atoms in total. The monoisotopic (exact) mass is 200 g/mol. The zero-order valence-electron chi connectivity index (χ0n) is 5.67. The Morgan fingerprint density at radius 1 is 1.36 bits per heavy atom. The van der Waals surface area contributed by atoms with E-state index in [1.807, 2.05) is 0 Å². The Kier molecular flexibility index (Phi) is 4.98. The van der Waals surface area contributed by atoms with E-state index < -0.39 is 17.9 Å². The Labute approximate surface area is 73.7 Å². The first-order valence-corrected chi connectivity index (χ1v) is 3.37. The van der Waals surface area contributed by atoms with E-state index in [-0.39, 0.29) is 6.42 Å². The van der Waals surface area contributed by atoms with Crippen LogP contribution in [-0.2, 0) is 18.2 Å². The molecule has 0 bridgehead atoms. The lowest BCUT2D eigenvalue weighted by Gasteiger charge is -2.02. The summed E-state index contributed by atoms with van der Waals surface area (Å²) in [6, 6.07) is 0. The summed E-state index contributed by atoms with van der Waals surface area (Å²) in [4.78, 5) is 21.0. The van der Waals surface area contributed by atoms with Crippen molar-refractivity contribution in [3.63, 3.8) is 0 Å². The first kappa shape index (κ1) is 10.5. The van der Waals surface area contributed by atoms with Gasteiger partial charge in [0.25, 0.3) is 0 Å². The lowest BCUT2D eigenvalue weighted by atomic mass is 10.1. The van der Waals surface area contributed by atoms with Crippen molar-refractivity contribution >= 4 is 35.7 Å². The molecule has 1 unspecified atom stereocenters. The van der Waals surface area contributed by atoms with Crippen LogP contribution in [0.4, 0.5) is 0 Å². The molecular weight excluding hydrogens is 195 g/mol. The highest BCUT2D eigenvalue weighted by Crippen LogP contribution is 2.07. The highest BCUT2D eigenvalue weighted by molar-refractivity contribution is 6.14. The Balaban J connectivity index is 3.77. The van der Waals surface area contributed by atoms with E-state index in [1.54, 1.807) is 0 Å². The fraction of sp³-hybridized carbons (Fsp3) is 0.600. The van der Waals surface area contributed by atoms with Gasteiger partial charge in [0.2, 0.25) is 0 Å². The molecule has 1 atom stereocenters. The Morgan fingerprint density at radius 3 is 2.27 bits per heavy atom. The summed E-state index contributed by atoms with van der Waals surface area (Å²) in [5.41, 5.74) is 0. The second-order valence-corrected chi connectivity index (χ2v) is 2.26. The van der Waals surface area contributed by atoms with Gasteiger partial charge in [0.1, 0.15) is 23.7 Å². The first-order valence-electron chi connectivity index (χ1n) is 2.75. The van der Waals surface area contributed by atoms with Crippen LogP contribution >= 0.6 is 23.7 Å². The van der Waals surface area contributed by atoms with Crippen LogP contribution < -0.4 is 0 Å². The molecule has 0 aromatic rings. The van der Waals surface area contributed by atoms with Crippen LogP contribution in [0.2, 0.25) is 0 Å². The van der Waals surface area contributed by atoms with Crippen molar-refractivity contribution in [2.75, 3.05) is 0 Å². The molecule has 0 aliphatic carbocycles. The molecule has 0 saturated heterocycles. The average molecular weight is 201 g/mol. The van der Waals surface area contributed by atoms with Crippen molar-refractivity contribution in [1.29, 1.82) is 0 Å². The predicted molar refractivity (Wildman–Crippen MR) is 37.7 cm³/mol. The molecule has 0 aromatic heterocycles. The van der Waals surface area contributed by atoms with Crippen molar-refractivity contribution in [3.8, 4) is 0 Å². The fourth-order valence-electron chi connectivity index (χ4n) is 0.441. The number of carbonyl (C=O) groups is 2. The molecule has 0 aliphatic rings. The van der Waals surface area contributed by atoms with E-state index in [9.17, 15) is 9.59 Å². The molecule has 6 heteroatoms. The molecule has 0 aromatic carbocycles. The molecule has 0 amide bonds. The maximum absolute atomic E-state index is 10.6. The Morgan fingerprint density at radius 2 is 1.91 bits per heavy atom. The fourth-order valence-corrected chi connectivity index (χ4v) is 0.656. The van der Waals surface area contributed by atoms with Crippen LogP contribution in [0.25, 0.3) is 0 Å². The van der Waals surface area contributed by atoms with Gasteiger partial charge in [-0.15, -0.1) is 0 Å². The summed E-state index contributed by atoms with van der Waals surface area (Å²) in [5, 5.41) is 0. The van der Waals surface area contributed by atoms with Gasteiger partial charge >= 0.3 is 11.9 Å². The van der Waals surface area contributed by atoms with E-state index >= 15 is 0 Å². The normalized spacial score (nSPS) is 11.9. The molecule has 64 valence electrons. The SMILES string of the molecule is CC(CC(=O)OCl)C(=O)OCl. The summed E-state index contributed by atoms with van der Waals surface area (Å²) in [6.45, 7) is 1.47. The summed E-state index contributed by atoms with van der Waals surface area (Å²) in [6.07, 6.45) is -0.144. The number of hydrogen-bond donors (Lipinski definition) is 0. The van der Waals surface area contributed by atoms with Crippen LogP contribution in [0.3, 0.4) is 0 Å². The van der Waals surface area contributed by atoms with Gasteiger partial charge in [0.05, 0.1) is 12.3 Å². The van der Waals surface area contributed by atoms with Crippen LogP contribution in [0.15, 0.2) is 0 Å². The molecular formula is C5H6Cl2O4. The minimum absolute atomic E-state index is 0.144. The van der Waals surface area contributed by atoms with Gasteiger partial charge in [-0.25, -0.2) is 0 Å². The zero-order valence-corrected chi connectivity index (χ0v) is 7.19. The highest BCUT2D eigenvalue weighted by Gasteiger charge is 2.18. The molecule has 11 heavy (non-hydrogen) atoms. The first-order chi connectivity index (χ1) is 5.11. The van der Waals surface area contributed by atoms with Crippen molar-refractivity contribution in [2.24, 2.45) is 5.92 Å². The molecule has 0 rings (SSSR count). The molecule has 0 spiro atoms. The van der Waals surface area contributed by atoms with Gasteiger partial charge in [0.15, 0.2) is 0 Å². The van der Waals surface area contributed by atoms with Gasteiger partial charge < -0.3 is 8.58 Å². The van der Waals surface area contributed by atoms with Gasteiger partial charge in [-0.05, 0) is 0 Å². The predicted octanol–water partition coefficient (Wildman–Crippen LogP) is 1.41. The third kappa shape index (κ3) is 4.06. The summed E-state index contributed by atoms with van der Waals surface area (Å²) in [7, 11) is 0. The standard InChI is InChI=1S/C5H6Cl2O4/c1-3(5(9)11-7)2-4(8)10-6/h3H,2H2,1H3. The number of halogens is 2. The smallest absolute Gasteiger partial charge is 0.328 e. The summed E-state index contributed by atoms with van der Waals surface area (Å²) >= 11 is 9.45. The molecule has 0 fully saturated rings. The van der Waals surface area contributed by atoms with E-state index in [4.69, 9.17) is 23.7 Å². The summed E-state index contributed by atoms with van der Waals surface area (Å²) < 4.78 is 7.64. The van der Waals surface area contributed by atoms with Crippen LogP contribution in [0, 0.1) is 5.92 Å². The van der Waals surface area contributed by atoms with Gasteiger partial charge in [0, 0.05) is 0 Å². The lowest BCUT2D eigenvalue weighted by Crippen LogP contribution is -2.15. The third-order valence-electron chi connectivity index (χ3n) is 1.04. The minimum atomic E-state index is -0.693. The quantitative estimate of drug-likeness (QED) is 0.692. The molecule has 0 N–H and O–H groups in total. The van der Waals surface area contributed by atoms with Crippen molar-refractivity contribution in [3.05, 3.63) is 0 Å². The maximum atomic E-state index is 10.6. The zero-order chi connectivity index (χ0) is 8.85. The van der Waals surface area contributed by atoms with Gasteiger partial charge in [-0.1, -0.05) is 6.92 Å². The Hall–Kier alpha value is -0.480. The van der Waals surface area contributed by atoms with Crippen molar-refractivity contribution in [1.82, 2.24) is 0 Å². The average Bonchev–Trinajstić information content (AvgIpc) is 2.02. The van der Waals surface area contributed by atoms with Crippen molar-refractivity contribution < 1.29 is 18.2 Å². The summed E-state index contributed by atoms with van der Waals surface area (Å²) in [5.74, 6) is -2.02. The van der Waals surface area contributed by atoms with Gasteiger partial charge in [-0.2, -0.15) is 0 Å². The largest absolute Gasteiger partial charge is 0.348 e. The van der Waals surface area contributed by atoms with Crippen LogP contribution in [0.1, 0.15) is 13.3 Å². The van der Waals surface area contributed by atoms with E-state index in [1.165, 1.54) is 6.92 Å². The molecule has 0 saturated carbocycles. The second-order valence-electron chi connectivity index (χ2n) is 1.95. The van der Waals surface area contributed by atoms with Crippen LogP contribution in [-0.4, -0.2) is 11.9 Å². The highest BCUT2D eigenvalue weighted by atomic mass is 35.5. The molecule has 0 aliphatic heterocycles. The molecule has 0 heterocycles. The van der Waals surface area contributed by atoms with Crippen molar-refractivity contribution in [2.45, 2.75) is 13.3 Å². The number of hydrogen-bond acceptors (Lipinski definition) is 4. The lowest BCUT2D eigenvalue weighted by molar-refractivity contribution is -0.144. The third-order valence-corrected chi connectivity index (χ3v) is 1.36. The van der Waals surface area contributed by atoms with E-state index in [0.717, 1.165) is 0 Å². The minimum Gasteiger partial charge on any atom is -0.348 e. The number of carbonyl (C=O) groups excluding carboxylic acids is 2. The van der Waals surface area contributed by atoms with Gasteiger partial charge in [-0.3, -0.25) is 9.59 Å². The molecule has 0 radical (unpaired) electrons. The maximum Gasteiger partial charge on any atom is 0.328 e.